The molecule has 0 saturated heterocycles. The van der Waals surface area contributed by atoms with Crippen LogP contribution in [0.4, 0.5) is 5.13 Å². The third-order valence-corrected chi connectivity index (χ3v) is 7.71. The van der Waals surface area contributed by atoms with E-state index >= 15 is 0 Å². The van der Waals surface area contributed by atoms with Gasteiger partial charge in [0.25, 0.3) is 5.91 Å². The maximum Gasteiger partial charge on any atom is 0.260 e. The van der Waals surface area contributed by atoms with Crippen molar-refractivity contribution in [1.82, 2.24) is 9.97 Å². The molecule has 5 aromatic rings. The molecular weight excluding hydrogens is 478 g/mol. The minimum atomic E-state index is -3.35. The van der Waals surface area contributed by atoms with Gasteiger partial charge in [-0.25, -0.2) is 13.4 Å². The van der Waals surface area contributed by atoms with Gasteiger partial charge in [-0.3, -0.25) is 14.7 Å². The fourth-order valence-electron chi connectivity index (χ4n) is 3.73. The molecule has 35 heavy (non-hydrogen) atoms. The number of aromatic nitrogens is 2. The molecular formula is C27H21N3O3S2. The Hall–Kier alpha value is -3.88. The molecule has 0 aliphatic rings. The smallest absolute Gasteiger partial charge is 0.260 e. The zero-order chi connectivity index (χ0) is 24.4. The molecule has 0 fully saturated rings. The summed E-state index contributed by atoms with van der Waals surface area (Å²) in [7, 11) is -3.35. The Balaban J connectivity index is 1.53. The van der Waals surface area contributed by atoms with E-state index in [4.69, 9.17) is 0 Å². The Morgan fingerprint density at radius 3 is 2.34 bits per heavy atom. The standard InChI is InChI=1S/C27H21N3O3S2/c1-35(32,33)23-13-14-24-25(16-23)34-27(29-24)30(18-19-6-5-15-28-17-19)26(31)22-11-9-21(10-12-22)20-7-3-2-4-8-20/h2-17H,18H2,1H3. The van der Waals surface area contributed by atoms with E-state index < -0.39 is 9.84 Å². The van der Waals surface area contributed by atoms with E-state index in [1.54, 1.807) is 29.4 Å². The van der Waals surface area contributed by atoms with E-state index in [1.807, 2.05) is 66.7 Å². The molecule has 0 radical (unpaired) electrons. The van der Waals surface area contributed by atoms with E-state index in [-0.39, 0.29) is 17.3 Å². The Morgan fingerprint density at radius 2 is 1.66 bits per heavy atom. The van der Waals surface area contributed by atoms with Crippen LogP contribution in [0.5, 0.6) is 0 Å². The third-order valence-electron chi connectivity index (χ3n) is 5.56. The molecule has 2 heterocycles. The molecule has 174 valence electrons. The zero-order valence-electron chi connectivity index (χ0n) is 18.8. The summed E-state index contributed by atoms with van der Waals surface area (Å²) in [4.78, 5) is 24.3. The largest absolute Gasteiger partial charge is 0.279 e. The summed E-state index contributed by atoms with van der Waals surface area (Å²) < 4.78 is 24.7. The molecule has 3 aromatic carbocycles. The number of nitrogens with zero attached hydrogens (tertiary/aromatic N) is 3. The van der Waals surface area contributed by atoms with Crippen molar-refractivity contribution in [3.8, 4) is 11.1 Å². The highest BCUT2D eigenvalue weighted by Gasteiger charge is 2.22. The number of carbonyl (C=O) groups is 1. The third kappa shape index (κ3) is 4.99. The van der Waals surface area contributed by atoms with E-state index in [1.165, 1.54) is 23.7 Å². The first-order valence-electron chi connectivity index (χ1n) is 10.9. The molecule has 0 spiro atoms. The molecule has 0 atom stereocenters. The van der Waals surface area contributed by atoms with Crippen LogP contribution in [0, 0.1) is 0 Å². The quantitative estimate of drug-likeness (QED) is 0.303. The average Bonchev–Trinajstić information content (AvgIpc) is 3.31. The Bertz CT molecular complexity index is 1600. The first-order chi connectivity index (χ1) is 16.9. The van der Waals surface area contributed by atoms with Gasteiger partial charge in [0.1, 0.15) is 0 Å². The predicted octanol–water partition coefficient (Wildman–Crippen LogP) is 5.61. The monoisotopic (exact) mass is 499 g/mol. The number of sulfone groups is 1. The lowest BCUT2D eigenvalue weighted by Gasteiger charge is -2.20. The van der Waals surface area contributed by atoms with Crippen molar-refractivity contribution >= 4 is 42.4 Å². The molecule has 0 unspecified atom stereocenters. The summed E-state index contributed by atoms with van der Waals surface area (Å²) in [5.41, 5.74) is 4.13. The van der Waals surface area contributed by atoms with Crippen LogP contribution in [0.25, 0.3) is 21.3 Å². The van der Waals surface area contributed by atoms with Crippen LogP contribution in [-0.2, 0) is 16.4 Å². The predicted molar refractivity (Wildman–Crippen MR) is 139 cm³/mol. The van der Waals surface area contributed by atoms with Gasteiger partial charge in [0.15, 0.2) is 15.0 Å². The second-order valence-electron chi connectivity index (χ2n) is 8.09. The number of hydrogen-bond donors (Lipinski definition) is 0. The number of fused-ring (bicyclic) bond motifs is 1. The first-order valence-corrected chi connectivity index (χ1v) is 13.6. The molecule has 6 nitrogen and oxygen atoms in total. The van der Waals surface area contributed by atoms with Gasteiger partial charge in [-0.1, -0.05) is 59.9 Å². The van der Waals surface area contributed by atoms with Crippen molar-refractivity contribution in [2.75, 3.05) is 11.2 Å². The Kier molecular flexibility index (Phi) is 6.15. The normalized spacial score (nSPS) is 11.5. The highest BCUT2D eigenvalue weighted by atomic mass is 32.2. The van der Waals surface area contributed by atoms with Crippen LogP contribution < -0.4 is 4.90 Å². The summed E-state index contributed by atoms with van der Waals surface area (Å²) in [6.07, 6.45) is 4.57. The van der Waals surface area contributed by atoms with Crippen LogP contribution in [0.2, 0.25) is 0 Å². The van der Waals surface area contributed by atoms with E-state index in [0.717, 1.165) is 16.7 Å². The van der Waals surface area contributed by atoms with Crippen molar-refractivity contribution in [3.05, 3.63) is 108 Å². The minimum absolute atomic E-state index is 0.198. The van der Waals surface area contributed by atoms with Gasteiger partial charge in [0.05, 0.1) is 21.7 Å². The fourth-order valence-corrected chi connectivity index (χ4v) is 5.46. The topological polar surface area (TPSA) is 80.2 Å². The number of thiazole rings is 1. The zero-order valence-corrected chi connectivity index (χ0v) is 20.5. The Labute approximate surface area is 207 Å². The molecule has 0 saturated carbocycles. The number of anilines is 1. The maximum atomic E-state index is 13.7. The summed E-state index contributed by atoms with van der Waals surface area (Å²) in [6.45, 7) is 0.284. The van der Waals surface area contributed by atoms with Crippen molar-refractivity contribution in [2.45, 2.75) is 11.4 Å². The Morgan fingerprint density at radius 1 is 0.914 bits per heavy atom. The second kappa shape index (κ2) is 9.40. The summed E-state index contributed by atoms with van der Waals surface area (Å²) >= 11 is 1.29. The lowest BCUT2D eigenvalue weighted by molar-refractivity contribution is 0.0985. The number of carbonyl (C=O) groups excluding carboxylic acids is 1. The van der Waals surface area contributed by atoms with Gasteiger partial charge < -0.3 is 0 Å². The van der Waals surface area contributed by atoms with E-state index in [0.29, 0.717) is 20.9 Å². The van der Waals surface area contributed by atoms with Crippen LogP contribution in [-0.4, -0.2) is 30.5 Å². The van der Waals surface area contributed by atoms with Crippen LogP contribution in [0.3, 0.4) is 0 Å². The van der Waals surface area contributed by atoms with Crippen LogP contribution in [0.1, 0.15) is 15.9 Å². The number of benzene rings is 3. The summed E-state index contributed by atoms with van der Waals surface area (Å²) in [6, 6.07) is 26.0. The average molecular weight is 500 g/mol. The van der Waals surface area contributed by atoms with Gasteiger partial charge in [-0.15, -0.1) is 0 Å². The molecule has 8 heteroatoms. The summed E-state index contributed by atoms with van der Waals surface area (Å²) in [5, 5.41) is 0.492. The molecule has 0 aliphatic carbocycles. The van der Waals surface area contributed by atoms with E-state index in [2.05, 4.69) is 9.97 Å². The molecule has 5 rings (SSSR count). The number of hydrogen-bond acceptors (Lipinski definition) is 6. The number of amides is 1. The number of rotatable bonds is 6. The van der Waals surface area contributed by atoms with Gasteiger partial charge in [-0.05, 0) is 53.1 Å². The summed E-state index contributed by atoms with van der Waals surface area (Å²) in [5.74, 6) is -0.198. The molecule has 0 N–H and O–H groups in total. The molecule has 1 amide bonds. The number of pyridine rings is 1. The first kappa shape index (κ1) is 22.9. The lowest BCUT2D eigenvalue weighted by Crippen LogP contribution is -2.30. The highest BCUT2D eigenvalue weighted by Crippen LogP contribution is 2.32. The van der Waals surface area contributed by atoms with Crippen LogP contribution in [0.15, 0.2) is 102 Å². The molecule has 0 bridgehead atoms. The van der Waals surface area contributed by atoms with Gasteiger partial charge in [0, 0.05) is 24.2 Å². The molecule has 2 aromatic heterocycles. The fraction of sp³-hybridized carbons (Fsp3) is 0.0741. The molecule has 0 aliphatic heterocycles. The SMILES string of the molecule is CS(=O)(=O)c1ccc2nc(N(Cc3cccnc3)C(=O)c3ccc(-c4ccccc4)cc3)sc2c1. The van der Waals surface area contributed by atoms with Gasteiger partial charge in [0.2, 0.25) is 0 Å². The lowest BCUT2D eigenvalue weighted by atomic mass is 10.0. The van der Waals surface area contributed by atoms with Crippen molar-refractivity contribution < 1.29 is 13.2 Å². The van der Waals surface area contributed by atoms with Gasteiger partial charge >= 0.3 is 0 Å². The van der Waals surface area contributed by atoms with Crippen molar-refractivity contribution in [1.29, 1.82) is 0 Å². The second-order valence-corrected chi connectivity index (χ2v) is 11.1. The highest BCUT2D eigenvalue weighted by molar-refractivity contribution is 7.90. The minimum Gasteiger partial charge on any atom is -0.279 e. The maximum absolute atomic E-state index is 13.7. The van der Waals surface area contributed by atoms with Crippen molar-refractivity contribution in [2.24, 2.45) is 0 Å². The van der Waals surface area contributed by atoms with E-state index in [9.17, 15) is 13.2 Å². The van der Waals surface area contributed by atoms with Crippen molar-refractivity contribution in [3.63, 3.8) is 0 Å². The van der Waals surface area contributed by atoms with Gasteiger partial charge in [-0.2, -0.15) is 0 Å². The van der Waals surface area contributed by atoms with Crippen LogP contribution >= 0.6 is 11.3 Å².